The average Bonchev–Trinajstić information content (AvgIpc) is 3.56. The van der Waals surface area contributed by atoms with E-state index in [9.17, 15) is 9.59 Å². The molecule has 158 valence electrons. The number of carbonyl (C=O) groups is 2. The summed E-state index contributed by atoms with van der Waals surface area (Å²) < 4.78 is 11.7. The zero-order chi connectivity index (χ0) is 21.3. The van der Waals surface area contributed by atoms with Crippen LogP contribution >= 0.6 is 15.9 Å². The van der Waals surface area contributed by atoms with Gasteiger partial charge in [0.15, 0.2) is 6.61 Å². The number of rotatable bonds is 10. The summed E-state index contributed by atoms with van der Waals surface area (Å²) >= 11 is 3.42. The van der Waals surface area contributed by atoms with E-state index in [2.05, 4.69) is 26.6 Å². The van der Waals surface area contributed by atoms with E-state index in [0.717, 1.165) is 28.4 Å². The Balaban J connectivity index is 1.39. The molecule has 2 aromatic carbocycles. The zero-order valence-corrected chi connectivity index (χ0v) is 18.4. The van der Waals surface area contributed by atoms with Crippen molar-refractivity contribution in [2.45, 2.75) is 25.3 Å². The van der Waals surface area contributed by atoms with Crippen molar-refractivity contribution >= 4 is 33.8 Å². The van der Waals surface area contributed by atoms with Gasteiger partial charge in [-0.2, -0.15) is 0 Å². The molecule has 2 amide bonds. The van der Waals surface area contributed by atoms with Gasteiger partial charge in [-0.15, -0.1) is 0 Å². The SMILES string of the molecule is COc1ccc(Br)cc1/C=C/C(=O)NCCc1ccc(OCC(=O)NC2CC2)cc1. The predicted octanol–water partition coefficient (Wildman–Crippen LogP) is 3.49. The summed E-state index contributed by atoms with van der Waals surface area (Å²) in [5.74, 6) is 1.10. The second-order valence-electron chi connectivity index (χ2n) is 7.04. The molecular formula is C23H25BrN2O4. The molecule has 6 nitrogen and oxygen atoms in total. The second kappa shape index (κ2) is 10.8. The number of amides is 2. The van der Waals surface area contributed by atoms with Crippen LogP contribution in [0, 0.1) is 0 Å². The molecule has 2 aromatic rings. The molecule has 0 aromatic heterocycles. The molecule has 3 rings (SSSR count). The van der Waals surface area contributed by atoms with Gasteiger partial charge in [0.25, 0.3) is 5.91 Å². The lowest BCUT2D eigenvalue weighted by Crippen LogP contribution is -2.30. The first-order chi connectivity index (χ1) is 14.5. The molecule has 0 saturated heterocycles. The van der Waals surface area contributed by atoms with Crippen LogP contribution in [0.4, 0.5) is 0 Å². The Bertz CT molecular complexity index is 908. The Morgan fingerprint density at radius 2 is 1.93 bits per heavy atom. The minimum absolute atomic E-state index is 0.0288. The topological polar surface area (TPSA) is 76.7 Å². The smallest absolute Gasteiger partial charge is 0.258 e. The molecule has 0 radical (unpaired) electrons. The molecular weight excluding hydrogens is 448 g/mol. The van der Waals surface area contributed by atoms with Gasteiger partial charge >= 0.3 is 0 Å². The van der Waals surface area contributed by atoms with Gasteiger partial charge in [-0.05, 0) is 61.2 Å². The van der Waals surface area contributed by atoms with Crippen LogP contribution in [0.25, 0.3) is 6.08 Å². The molecule has 0 atom stereocenters. The van der Waals surface area contributed by atoms with Crippen molar-refractivity contribution in [3.05, 3.63) is 64.1 Å². The number of hydrogen-bond donors (Lipinski definition) is 2. The fraction of sp³-hybridized carbons (Fsp3) is 0.304. The summed E-state index contributed by atoms with van der Waals surface area (Å²) in [6, 6.07) is 13.5. The van der Waals surface area contributed by atoms with Crippen molar-refractivity contribution in [1.29, 1.82) is 0 Å². The molecule has 1 aliphatic rings. The molecule has 30 heavy (non-hydrogen) atoms. The Labute approximate surface area is 184 Å². The van der Waals surface area contributed by atoms with Gasteiger partial charge in [-0.1, -0.05) is 28.1 Å². The van der Waals surface area contributed by atoms with E-state index in [1.54, 1.807) is 13.2 Å². The van der Waals surface area contributed by atoms with E-state index in [1.807, 2.05) is 42.5 Å². The van der Waals surface area contributed by atoms with E-state index in [0.29, 0.717) is 30.5 Å². The van der Waals surface area contributed by atoms with Gasteiger partial charge in [0, 0.05) is 28.7 Å². The van der Waals surface area contributed by atoms with E-state index < -0.39 is 0 Å². The van der Waals surface area contributed by atoms with E-state index in [1.165, 1.54) is 6.08 Å². The third-order valence-corrected chi connectivity index (χ3v) is 5.05. The predicted molar refractivity (Wildman–Crippen MR) is 120 cm³/mol. The fourth-order valence-corrected chi connectivity index (χ4v) is 3.17. The Morgan fingerprint density at radius 1 is 1.17 bits per heavy atom. The highest BCUT2D eigenvalue weighted by atomic mass is 79.9. The van der Waals surface area contributed by atoms with Crippen molar-refractivity contribution in [2.75, 3.05) is 20.3 Å². The third-order valence-electron chi connectivity index (χ3n) is 4.55. The Kier molecular flexibility index (Phi) is 7.90. The first-order valence-electron chi connectivity index (χ1n) is 9.84. The standard InChI is InChI=1S/C23H25BrN2O4/c1-29-21-10-5-18(24)14-17(21)4-11-22(27)25-13-12-16-2-8-20(9-3-16)30-15-23(28)26-19-6-7-19/h2-5,8-11,14,19H,6-7,12-13,15H2,1H3,(H,25,27)(H,26,28)/b11-4+. The molecule has 7 heteroatoms. The molecule has 0 heterocycles. The number of carbonyl (C=O) groups excluding carboxylic acids is 2. The van der Waals surface area contributed by atoms with E-state index in [-0.39, 0.29) is 18.4 Å². The first-order valence-corrected chi connectivity index (χ1v) is 10.6. The van der Waals surface area contributed by atoms with Crippen LogP contribution in [0.1, 0.15) is 24.0 Å². The summed E-state index contributed by atoms with van der Waals surface area (Å²) in [6.07, 6.45) is 6.04. The average molecular weight is 473 g/mol. The number of hydrogen-bond acceptors (Lipinski definition) is 4. The van der Waals surface area contributed by atoms with Gasteiger partial charge in [-0.25, -0.2) is 0 Å². The molecule has 0 bridgehead atoms. The van der Waals surface area contributed by atoms with Crippen LogP contribution in [-0.2, 0) is 16.0 Å². The van der Waals surface area contributed by atoms with Crippen LogP contribution in [0.2, 0.25) is 0 Å². The zero-order valence-electron chi connectivity index (χ0n) is 16.8. The molecule has 0 unspecified atom stereocenters. The summed E-state index contributed by atoms with van der Waals surface area (Å²) in [7, 11) is 1.60. The van der Waals surface area contributed by atoms with Crippen LogP contribution < -0.4 is 20.1 Å². The van der Waals surface area contributed by atoms with E-state index >= 15 is 0 Å². The lowest BCUT2D eigenvalue weighted by molar-refractivity contribution is -0.123. The van der Waals surface area contributed by atoms with Gasteiger partial charge in [0.05, 0.1) is 7.11 Å². The quantitative estimate of drug-likeness (QED) is 0.518. The van der Waals surface area contributed by atoms with Gasteiger partial charge in [0.1, 0.15) is 11.5 Å². The van der Waals surface area contributed by atoms with Crippen molar-refractivity contribution in [1.82, 2.24) is 10.6 Å². The summed E-state index contributed by atoms with van der Waals surface area (Å²) in [5, 5.41) is 5.75. The lowest BCUT2D eigenvalue weighted by atomic mass is 10.1. The number of methoxy groups -OCH3 is 1. The second-order valence-corrected chi connectivity index (χ2v) is 7.95. The summed E-state index contributed by atoms with van der Waals surface area (Å²) in [4.78, 5) is 23.7. The summed E-state index contributed by atoms with van der Waals surface area (Å²) in [5.41, 5.74) is 1.89. The number of ether oxygens (including phenoxy) is 2. The highest BCUT2D eigenvalue weighted by Crippen LogP contribution is 2.24. The highest BCUT2D eigenvalue weighted by molar-refractivity contribution is 9.10. The van der Waals surface area contributed by atoms with Crippen LogP contribution in [-0.4, -0.2) is 38.1 Å². The van der Waals surface area contributed by atoms with Crippen LogP contribution in [0.3, 0.4) is 0 Å². The largest absolute Gasteiger partial charge is 0.496 e. The Hall–Kier alpha value is -2.80. The van der Waals surface area contributed by atoms with Crippen molar-refractivity contribution in [3.63, 3.8) is 0 Å². The maximum absolute atomic E-state index is 12.1. The van der Waals surface area contributed by atoms with Crippen LogP contribution in [0.15, 0.2) is 53.0 Å². The normalized spacial score (nSPS) is 13.1. The maximum Gasteiger partial charge on any atom is 0.258 e. The minimum atomic E-state index is -0.168. The molecule has 1 aliphatic carbocycles. The monoisotopic (exact) mass is 472 g/mol. The van der Waals surface area contributed by atoms with Crippen molar-refractivity contribution < 1.29 is 19.1 Å². The molecule has 2 N–H and O–H groups in total. The van der Waals surface area contributed by atoms with Gasteiger partial charge in [-0.3, -0.25) is 9.59 Å². The number of nitrogens with one attached hydrogen (secondary N) is 2. The highest BCUT2D eigenvalue weighted by Gasteiger charge is 2.23. The molecule has 0 spiro atoms. The first kappa shape index (κ1) is 21.9. The van der Waals surface area contributed by atoms with Crippen molar-refractivity contribution in [2.24, 2.45) is 0 Å². The van der Waals surface area contributed by atoms with Crippen LogP contribution in [0.5, 0.6) is 11.5 Å². The number of halogens is 1. The van der Waals surface area contributed by atoms with E-state index in [4.69, 9.17) is 9.47 Å². The number of benzene rings is 2. The maximum atomic E-state index is 12.1. The summed E-state index contributed by atoms with van der Waals surface area (Å²) in [6.45, 7) is 0.545. The molecule has 0 aliphatic heterocycles. The third kappa shape index (κ3) is 7.22. The van der Waals surface area contributed by atoms with Gasteiger partial charge < -0.3 is 20.1 Å². The van der Waals surface area contributed by atoms with Crippen molar-refractivity contribution in [3.8, 4) is 11.5 Å². The molecule has 1 fully saturated rings. The fourth-order valence-electron chi connectivity index (χ4n) is 2.79. The molecule has 1 saturated carbocycles. The Morgan fingerprint density at radius 3 is 2.63 bits per heavy atom. The minimum Gasteiger partial charge on any atom is -0.496 e. The van der Waals surface area contributed by atoms with Gasteiger partial charge in [0.2, 0.25) is 5.91 Å². The lowest BCUT2D eigenvalue weighted by Gasteiger charge is -2.08.